The van der Waals surface area contributed by atoms with E-state index in [0.717, 1.165) is 6.21 Å². The highest BCUT2D eigenvalue weighted by Gasteiger charge is 2.04. The summed E-state index contributed by atoms with van der Waals surface area (Å²) in [5, 5.41) is 6.51. The van der Waals surface area contributed by atoms with Gasteiger partial charge in [-0.2, -0.15) is 0 Å². The Bertz CT molecular complexity index is 722. The van der Waals surface area contributed by atoms with E-state index >= 15 is 0 Å². The van der Waals surface area contributed by atoms with Crippen molar-refractivity contribution < 1.29 is 18.8 Å². The molecule has 0 radical (unpaired) electrons. The summed E-state index contributed by atoms with van der Waals surface area (Å²) in [5.41, 5.74) is 1.04. The number of methoxy groups -OCH3 is 1. The smallest absolute Gasteiger partial charge is 0.270 e. The van der Waals surface area contributed by atoms with Crippen molar-refractivity contribution in [3.05, 3.63) is 58.9 Å². The number of halogens is 2. The highest BCUT2D eigenvalue weighted by molar-refractivity contribution is 6.36. The Kier molecular flexibility index (Phi) is 5.94. The molecule has 0 atom stereocenters. The first-order valence-corrected chi connectivity index (χ1v) is 7.01. The third kappa shape index (κ3) is 4.96. The molecule has 0 aromatic heterocycles. The molecular weight excluding hydrogens is 323 g/mol. The van der Waals surface area contributed by atoms with Gasteiger partial charge in [-0.05, 0) is 29.8 Å². The number of nitrogens with one attached hydrogen (secondary N) is 1. The second-order valence-electron chi connectivity index (χ2n) is 4.45. The first-order valence-electron chi connectivity index (χ1n) is 6.63. The maximum Gasteiger partial charge on any atom is 0.270 e. The van der Waals surface area contributed by atoms with Gasteiger partial charge in [0.15, 0.2) is 11.6 Å². The molecule has 7 heteroatoms. The predicted octanol–water partition coefficient (Wildman–Crippen LogP) is 3.63. The molecule has 120 valence electrons. The first-order chi connectivity index (χ1) is 11.1. The molecule has 2 aromatic rings. The van der Waals surface area contributed by atoms with Crippen LogP contribution in [0.4, 0.5) is 10.1 Å². The molecule has 0 fully saturated rings. The number of amides is 1. The SMILES string of the molecule is COc1ccc(CO/N=C/C(=O)Nc2ccccc2Cl)cc1F. The number of carbonyl (C=O) groups is 1. The molecule has 2 aromatic carbocycles. The highest BCUT2D eigenvalue weighted by Crippen LogP contribution is 2.20. The maximum atomic E-state index is 13.5. The van der Waals surface area contributed by atoms with Crippen LogP contribution in [-0.2, 0) is 16.2 Å². The second kappa shape index (κ2) is 8.14. The monoisotopic (exact) mass is 336 g/mol. The Balaban J connectivity index is 1.83. The Morgan fingerprint density at radius 2 is 2.13 bits per heavy atom. The van der Waals surface area contributed by atoms with Gasteiger partial charge in [-0.25, -0.2) is 4.39 Å². The minimum atomic E-state index is -0.492. The van der Waals surface area contributed by atoms with Gasteiger partial charge in [0.1, 0.15) is 12.8 Å². The fourth-order valence-electron chi connectivity index (χ4n) is 1.72. The Morgan fingerprint density at radius 3 is 2.83 bits per heavy atom. The van der Waals surface area contributed by atoms with E-state index in [2.05, 4.69) is 10.5 Å². The van der Waals surface area contributed by atoms with Crippen molar-refractivity contribution in [2.24, 2.45) is 5.16 Å². The number of hydrogen-bond acceptors (Lipinski definition) is 4. The number of para-hydroxylation sites is 1. The molecule has 0 saturated carbocycles. The van der Waals surface area contributed by atoms with Gasteiger partial charge in [0, 0.05) is 0 Å². The van der Waals surface area contributed by atoms with Gasteiger partial charge in [-0.15, -0.1) is 0 Å². The van der Waals surface area contributed by atoms with Gasteiger partial charge in [0.2, 0.25) is 0 Å². The summed E-state index contributed by atoms with van der Waals surface area (Å²) < 4.78 is 18.3. The first kappa shape index (κ1) is 16.8. The van der Waals surface area contributed by atoms with Crippen LogP contribution in [0.25, 0.3) is 0 Å². The fraction of sp³-hybridized carbons (Fsp3) is 0.125. The average molecular weight is 337 g/mol. The zero-order valence-corrected chi connectivity index (χ0v) is 13.0. The van der Waals surface area contributed by atoms with Crippen LogP contribution < -0.4 is 10.1 Å². The number of benzene rings is 2. The van der Waals surface area contributed by atoms with Gasteiger partial charge >= 0.3 is 0 Å². The lowest BCUT2D eigenvalue weighted by molar-refractivity contribution is -0.110. The number of hydrogen-bond donors (Lipinski definition) is 1. The Hall–Kier alpha value is -2.60. The second-order valence-corrected chi connectivity index (χ2v) is 4.85. The molecule has 23 heavy (non-hydrogen) atoms. The molecule has 0 aliphatic rings. The number of rotatable bonds is 6. The molecule has 0 saturated heterocycles. The molecule has 5 nitrogen and oxygen atoms in total. The van der Waals surface area contributed by atoms with E-state index in [4.69, 9.17) is 21.2 Å². The molecule has 0 unspecified atom stereocenters. The van der Waals surface area contributed by atoms with Gasteiger partial charge < -0.3 is 14.9 Å². The van der Waals surface area contributed by atoms with Crippen LogP contribution in [0.1, 0.15) is 5.56 Å². The molecule has 0 bridgehead atoms. The number of oxime groups is 1. The lowest BCUT2D eigenvalue weighted by atomic mass is 10.2. The summed E-state index contributed by atoms with van der Waals surface area (Å²) in [4.78, 5) is 16.6. The van der Waals surface area contributed by atoms with Crippen molar-refractivity contribution in [1.82, 2.24) is 0 Å². The lowest BCUT2D eigenvalue weighted by Gasteiger charge is -2.05. The average Bonchev–Trinajstić information content (AvgIpc) is 2.54. The topological polar surface area (TPSA) is 59.9 Å². The molecule has 0 aliphatic heterocycles. The number of anilines is 1. The van der Waals surface area contributed by atoms with Gasteiger partial charge in [-0.3, -0.25) is 4.79 Å². The molecule has 0 aliphatic carbocycles. The van der Waals surface area contributed by atoms with E-state index in [0.29, 0.717) is 16.3 Å². The number of nitrogens with zero attached hydrogens (tertiary/aromatic N) is 1. The van der Waals surface area contributed by atoms with Crippen LogP contribution in [0, 0.1) is 5.82 Å². The zero-order chi connectivity index (χ0) is 16.7. The normalized spacial score (nSPS) is 10.6. The number of ether oxygens (including phenoxy) is 1. The number of carbonyl (C=O) groups excluding carboxylic acids is 1. The molecule has 0 heterocycles. The van der Waals surface area contributed by atoms with Crippen molar-refractivity contribution >= 4 is 29.4 Å². The molecular formula is C16H14ClFN2O3. The summed E-state index contributed by atoms with van der Waals surface area (Å²) in [6.45, 7) is 0.0246. The van der Waals surface area contributed by atoms with E-state index in [9.17, 15) is 9.18 Å². The fourth-order valence-corrected chi connectivity index (χ4v) is 1.91. The van der Waals surface area contributed by atoms with Crippen molar-refractivity contribution in [2.45, 2.75) is 6.61 Å². The summed E-state index contributed by atoms with van der Waals surface area (Å²) in [7, 11) is 1.39. The summed E-state index contributed by atoms with van der Waals surface area (Å²) in [5.74, 6) is -0.829. The minimum absolute atomic E-state index is 0.0246. The highest BCUT2D eigenvalue weighted by atomic mass is 35.5. The quantitative estimate of drug-likeness (QED) is 0.647. The van der Waals surface area contributed by atoms with Crippen molar-refractivity contribution in [2.75, 3.05) is 12.4 Å². The van der Waals surface area contributed by atoms with E-state index in [1.807, 2.05) is 0 Å². The van der Waals surface area contributed by atoms with Gasteiger partial charge in [0.05, 0.1) is 17.8 Å². The Labute approximate surface area is 137 Å². The minimum Gasteiger partial charge on any atom is -0.494 e. The van der Waals surface area contributed by atoms with Crippen LogP contribution >= 0.6 is 11.6 Å². The summed E-state index contributed by atoms with van der Waals surface area (Å²) in [6, 6.07) is 11.2. The molecule has 2 rings (SSSR count). The van der Waals surface area contributed by atoms with Crippen molar-refractivity contribution in [3.8, 4) is 5.75 Å². The van der Waals surface area contributed by atoms with E-state index < -0.39 is 11.7 Å². The van der Waals surface area contributed by atoms with Crippen LogP contribution in [0.2, 0.25) is 5.02 Å². The zero-order valence-electron chi connectivity index (χ0n) is 12.3. The largest absolute Gasteiger partial charge is 0.494 e. The van der Waals surface area contributed by atoms with Crippen molar-refractivity contribution in [3.63, 3.8) is 0 Å². The summed E-state index contributed by atoms with van der Waals surface area (Å²) >= 11 is 5.91. The van der Waals surface area contributed by atoms with E-state index in [1.54, 1.807) is 30.3 Å². The third-order valence-electron chi connectivity index (χ3n) is 2.82. The summed E-state index contributed by atoms with van der Waals surface area (Å²) in [6.07, 6.45) is 0.975. The lowest BCUT2D eigenvalue weighted by Crippen LogP contribution is -2.13. The standard InChI is InChI=1S/C16H14ClFN2O3/c1-22-15-7-6-11(8-13(15)18)10-23-19-9-16(21)20-14-5-3-2-4-12(14)17/h2-9H,10H2,1H3,(H,20,21)/b19-9+. The van der Waals surface area contributed by atoms with Crippen LogP contribution in [-0.4, -0.2) is 19.2 Å². The van der Waals surface area contributed by atoms with Crippen LogP contribution in [0.5, 0.6) is 5.75 Å². The van der Waals surface area contributed by atoms with Crippen LogP contribution in [0.15, 0.2) is 47.6 Å². The van der Waals surface area contributed by atoms with Crippen molar-refractivity contribution in [1.29, 1.82) is 0 Å². The predicted molar refractivity (Wildman–Crippen MR) is 86.3 cm³/mol. The molecule has 1 N–H and O–H groups in total. The van der Waals surface area contributed by atoms with Gasteiger partial charge in [-0.1, -0.05) is 35.0 Å². The van der Waals surface area contributed by atoms with Crippen LogP contribution in [0.3, 0.4) is 0 Å². The third-order valence-corrected chi connectivity index (χ3v) is 3.15. The Morgan fingerprint density at radius 1 is 1.35 bits per heavy atom. The van der Waals surface area contributed by atoms with E-state index in [-0.39, 0.29) is 12.4 Å². The van der Waals surface area contributed by atoms with Gasteiger partial charge in [0.25, 0.3) is 5.91 Å². The maximum absolute atomic E-state index is 13.5. The molecule has 0 spiro atoms. The van der Waals surface area contributed by atoms with E-state index in [1.165, 1.54) is 19.2 Å². The molecule has 1 amide bonds.